The largest absolute Gasteiger partial charge is 0.865 e. The number of ether oxygens (including phenoxy) is 1. The number of nitro benzene ring substituents is 1. The van der Waals surface area contributed by atoms with Gasteiger partial charge in [-0.1, -0.05) is 12.1 Å². The van der Waals surface area contributed by atoms with Crippen LogP contribution in [0.4, 0.5) is 14.9 Å². The quantitative estimate of drug-likeness (QED) is 0.428. The summed E-state index contributed by atoms with van der Waals surface area (Å²) in [5.74, 6) is -2.15. The van der Waals surface area contributed by atoms with Crippen molar-refractivity contribution in [3.8, 4) is 11.5 Å². The summed E-state index contributed by atoms with van der Waals surface area (Å²) in [6.45, 7) is -0.0365. The van der Waals surface area contributed by atoms with Gasteiger partial charge in [-0.2, -0.15) is 0 Å². The van der Waals surface area contributed by atoms with Crippen molar-refractivity contribution >= 4 is 34.7 Å². The number of amides is 2. The summed E-state index contributed by atoms with van der Waals surface area (Å²) in [6.07, 6.45) is 1.28. The summed E-state index contributed by atoms with van der Waals surface area (Å²) < 4.78 is 17.8. The van der Waals surface area contributed by atoms with Crippen LogP contribution in [0.25, 0.3) is 6.08 Å². The molecule has 2 amide bonds. The van der Waals surface area contributed by atoms with E-state index in [1.54, 1.807) is 0 Å². The first-order valence-corrected chi connectivity index (χ1v) is 8.65. The van der Waals surface area contributed by atoms with E-state index >= 15 is 0 Å². The molecule has 1 heterocycles. The highest BCUT2D eigenvalue weighted by Gasteiger charge is 2.35. The molecule has 1 aliphatic heterocycles. The molecule has 1 fully saturated rings. The zero-order valence-electron chi connectivity index (χ0n) is 14.4. The van der Waals surface area contributed by atoms with Gasteiger partial charge >= 0.3 is 0 Å². The Labute approximate surface area is 162 Å². The van der Waals surface area contributed by atoms with Gasteiger partial charge in [0.25, 0.3) is 16.8 Å². The predicted molar refractivity (Wildman–Crippen MR) is 97.0 cm³/mol. The fraction of sp³-hybridized carbons (Fsp3) is 0.111. The summed E-state index contributed by atoms with van der Waals surface area (Å²) in [5, 5.41) is 22.4. The molecule has 1 saturated heterocycles. The molecule has 0 bridgehead atoms. The second kappa shape index (κ2) is 7.69. The molecule has 10 heteroatoms. The first kappa shape index (κ1) is 19.4. The Hall–Kier alpha value is -3.40. The lowest BCUT2D eigenvalue weighted by Crippen LogP contribution is -2.27. The number of carbonyl (C=O) groups is 2. The van der Waals surface area contributed by atoms with Gasteiger partial charge in [0.15, 0.2) is 0 Å². The molecule has 0 unspecified atom stereocenters. The fourth-order valence-corrected chi connectivity index (χ4v) is 3.38. The molecule has 144 valence electrons. The summed E-state index contributed by atoms with van der Waals surface area (Å²) in [6, 6.07) is 7.63. The van der Waals surface area contributed by atoms with Gasteiger partial charge in [-0.3, -0.25) is 24.6 Å². The van der Waals surface area contributed by atoms with Gasteiger partial charge < -0.3 is 9.84 Å². The third kappa shape index (κ3) is 3.81. The predicted octanol–water partition coefficient (Wildman–Crippen LogP) is 3.05. The SMILES string of the molecule is COc1cc(/C=C2/SC(=O)N(Cc3ccc(F)cc3)C2=O)cc([N+](=O)[O-])c1[O-]. The van der Waals surface area contributed by atoms with Gasteiger partial charge in [0.1, 0.15) is 11.6 Å². The topological polar surface area (TPSA) is 113 Å². The average Bonchev–Trinajstić information content (AvgIpc) is 2.91. The standard InChI is InChI=1S/C18H13FN2O6S/c1-27-14-7-11(6-13(16(14)22)21(25)26)8-15-17(23)20(18(24)28-15)9-10-2-4-12(19)5-3-10/h2-8,22H,9H2,1H3/p-1/b15-8+. The van der Waals surface area contributed by atoms with Crippen LogP contribution in [-0.2, 0) is 11.3 Å². The van der Waals surface area contributed by atoms with Crippen LogP contribution < -0.4 is 9.84 Å². The molecule has 0 saturated carbocycles. The van der Waals surface area contributed by atoms with Crippen LogP contribution in [0.5, 0.6) is 11.5 Å². The summed E-state index contributed by atoms with van der Waals surface area (Å²) in [5.41, 5.74) is 0.0459. The maximum absolute atomic E-state index is 13.0. The zero-order valence-corrected chi connectivity index (χ0v) is 15.2. The number of halogens is 1. The van der Waals surface area contributed by atoms with Gasteiger partial charge in [-0.15, -0.1) is 0 Å². The second-order valence-electron chi connectivity index (χ2n) is 5.72. The normalized spacial score (nSPS) is 15.4. The lowest BCUT2D eigenvalue weighted by molar-refractivity contribution is -0.398. The molecule has 28 heavy (non-hydrogen) atoms. The number of benzene rings is 2. The Morgan fingerprint density at radius 1 is 1.25 bits per heavy atom. The number of hydrogen-bond acceptors (Lipinski definition) is 7. The Morgan fingerprint density at radius 2 is 1.93 bits per heavy atom. The Bertz CT molecular complexity index is 1010. The molecular formula is C18H12FN2O6S-. The molecule has 0 N–H and O–H groups in total. The van der Waals surface area contributed by atoms with Crippen molar-refractivity contribution in [2.45, 2.75) is 6.54 Å². The van der Waals surface area contributed by atoms with Crippen molar-refractivity contribution < 1.29 is 28.7 Å². The Kier molecular flexibility index (Phi) is 5.32. The Morgan fingerprint density at radius 3 is 2.54 bits per heavy atom. The molecule has 2 aromatic rings. The molecule has 0 aromatic heterocycles. The number of thioether (sulfide) groups is 1. The van der Waals surface area contributed by atoms with Crippen LogP contribution in [0.3, 0.4) is 0 Å². The highest BCUT2D eigenvalue weighted by Crippen LogP contribution is 2.38. The van der Waals surface area contributed by atoms with Gasteiger partial charge in [0, 0.05) is 11.8 Å². The third-order valence-electron chi connectivity index (χ3n) is 3.90. The van der Waals surface area contributed by atoms with Gasteiger partial charge in [-0.05, 0) is 47.2 Å². The summed E-state index contributed by atoms with van der Waals surface area (Å²) in [7, 11) is 1.20. The van der Waals surface area contributed by atoms with E-state index in [1.165, 1.54) is 43.5 Å². The zero-order chi connectivity index (χ0) is 20.4. The van der Waals surface area contributed by atoms with Crippen molar-refractivity contribution in [2.24, 2.45) is 0 Å². The minimum atomic E-state index is -0.880. The number of methoxy groups -OCH3 is 1. The third-order valence-corrected chi connectivity index (χ3v) is 4.81. The van der Waals surface area contributed by atoms with Crippen LogP contribution in [0.15, 0.2) is 41.3 Å². The average molecular weight is 403 g/mol. The number of imide groups is 1. The highest BCUT2D eigenvalue weighted by molar-refractivity contribution is 8.18. The maximum Gasteiger partial charge on any atom is 0.293 e. The van der Waals surface area contributed by atoms with Crippen molar-refractivity contribution in [3.05, 3.63) is 68.4 Å². The first-order chi connectivity index (χ1) is 13.3. The van der Waals surface area contributed by atoms with Gasteiger partial charge in [0.05, 0.1) is 23.5 Å². The van der Waals surface area contributed by atoms with E-state index in [0.717, 1.165) is 11.0 Å². The summed E-state index contributed by atoms with van der Waals surface area (Å²) in [4.78, 5) is 36.0. The Balaban J connectivity index is 1.90. The maximum atomic E-state index is 13.0. The van der Waals surface area contributed by atoms with E-state index in [0.29, 0.717) is 17.3 Å². The van der Waals surface area contributed by atoms with Crippen molar-refractivity contribution in [1.29, 1.82) is 0 Å². The van der Waals surface area contributed by atoms with Crippen LogP contribution >= 0.6 is 11.8 Å². The van der Waals surface area contributed by atoms with Crippen molar-refractivity contribution in [2.75, 3.05) is 7.11 Å². The van der Waals surface area contributed by atoms with E-state index in [1.807, 2.05) is 0 Å². The van der Waals surface area contributed by atoms with Crippen LogP contribution in [0.2, 0.25) is 0 Å². The second-order valence-corrected chi connectivity index (χ2v) is 6.72. The molecule has 8 nitrogen and oxygen atoms in total. The monoisotopic (exact) mass is 403 g/mol. The fourth-order valence-electron chi connectivity index (χ4n) is 2.54. The molecule has 0 spiro atoms. The number of rotatable bonds is 5. The van der Waals surface area contributed by atoms with E-state index < -0.39 is 33.3 Å². The molecule has 1 aliphatic rings. The smallest absolute Gasteiger partial charge is 0.293 e. The van der Waals surface area contributed by atoms with E-state index in [2.05, 4.69) is 0 Å². The van der Waals surface area contributed by atoms with Crippen LogP contribution in [0.1, 0.15) is 11.1 Å². The van der Waals surface area contributed by atoms with E-state index in [4.69, 9.17) is 4.74 Å². The van der Waals surface area contributed by atoms with E-state index in [-0.39, 0.29) is 22.8 Å². The van der Waals surface area contributed by atoms with Crippen molar-refractivity contribution in [3.63, 3.8) is 0 Å². The number of hydrogen-bond donors (Lipinski definition) is 0. The molecule has 0 radical (unpaired) electrons. The molecule has 3 rings (SSSR count). The van der Waals surface area contributed by atoms with Gasteiger partial charge in [-0.25, -0.2) is 4.39 Å². The minimum Gasteiger partial charge on any atom is -0.865 e. The molecule has 0 aliphatic carbocycles. The van der Waals surface area contributed by atoms with Crippen LogP contribution in [0, 0.1) is 15.9 Å². The lowest BCUT2D eigenvalue weighted by Gasteiger charge is -2.13. The van der Waals surface area contributed by atoms with E-state index in [9.17, 15) is 29.2 Å². The number of carbonyl (C=O) groups excluding carboxylic acids is 2. The highest BCUT2D eigenvalue weighted by atomic mass is 32.2. The minimum absolute atomic E-state index is 0.0365. The molecular weight excluding hydrogens is 391 g/mol. The van der Waals surface area contributed by atoms with Gasteiger partial charge in [0.2, 0.25) is 0 Å². The molecule has 0 atom stereocenters. The first-order valence-electron chi connectivity index (χ1n) is 7.83. The lowest BCUT2D eigenvalue weighted by atomic mass is 10.1. The number of nitrogens with zero attached hydrogens (tertiary/aromatic N) is 2. The van der Waals surface area contributed by atoms with Crippen molar-refractivity contribution in [1.82, 2.24) is 4.90 Å². The molecule has 2 aromatic carbocycles. The summed E-state index contributed by atoms with van der Waals surface area (Å²) >= 11 is 0.667. The van der Waals surface area contributed by atoms with Crippen LogP contribution in [-0.4, -0.2) is 28.1 Å². The number of nitro groups is 1.